The molecule has 9 heteroatoms. The van der Waals surface area contributed by atoms with E-state index in [1.807, 2.05) is 6.92 Å². The van der Waals surface area contributed by atoms with Gasteiger partial charge in [-0.2, -0.15) is 0 Å². The van der Waals surface area contributed by atoms with Gasteiger partial charge in [0.1, 0.15) is 11.3 Å². The maximum atomic E-state index is 13.2. The summed E-state index contributed by atoms with van der Waals surface area (Å²) in [6, 6.07) is 2.53. The molecule has 5 aliphatic rings. The number of carbonyl (C=O) groups is 1. The highest BCUT2D eigenvalue weighted by Crippen LogP contribution is 2.39. The summed E-state index contributed by atoms with van der Waals surface area (Å²) in [5.74, 6) is 1.58. The maximum Gasteiger partial charge on any atom is 0.392 e. The number of anilines is 1. The average molecular weight is 610 g/mol. The molecule has 1 aromatic rings. The van der Waals surface area contributed by atoms with Crippen LogP contribution < -0.4 is 9.88 Å². The van der Waals surface area contributed by atoms with Crippen LogP contribution in [0.1, 0.15) is 157 Å². The second kappa shape index (κ2) is 14.3. The van der Waals surface area contributed by atoms with Gasteiger partial charge in [-0.05, 0) is 65.2 Å². The molecule has 5 aliphatic heterocycles. The van der Waals surface area contributed by atoms with Crippen molar-refractivity contribution < 1.29 is 19.3 Å². The van der Waals surface area contributed by atoms with Crippen molar-refractivity contribution in [1.82, 2.24) is 14.9 Å². The Kier molecular flexibility index (Phi) is 10.3. The van der Waals surface area contributed by atoms with Crippen LogP contribution in [0.4, 0.5) is 5.95 Å². The zero-order valence-corrected chi connectivity index (χ0v) is 27.6. The number of nitrogens with zero attached hydrogens (tertiary/aromatic N) is 5. The van der Waals surface area contributed by atoms with E-state index in [0.29, 0.717) is 42.4 Å². The fourth-order valence-corrected chi connectivity index (χ4v) is 8.85. The fraction of sp³-hybridized carbons (Fsp3) is 0.829. The second-order valence-corrected chi connectivity index (χ2v) is 14.4. The van der Waals surface area contributed by atoms with Crippen LogP contribution in [0.3, 0.4) is 0 Å². The molecule has 2 fully saturated rings. The first kappa shape index (κ1) is 31.6. The molecule has 2 saturated heterocycles. The Bertz CT molecular complexity index is 1190. The van der Waals surface area contributed by atoms with Crippen molar-refractivity contribution in [3.05, 3.63) is 17.0 Å². The lowest BCUT2D eigenvalue weighted by atomic mass is 9.96. The number of ether oxygens (including phenoxy) is 1. The monoisotopic (exact) mass is 609 g/mol. The van der Waals surface area contributed by atoms with Gasteiger partial charge < -0.3 is 9.64 Å². The van der Waals surface area contributed by atoms with Crippen molar-refractivity contribution in [2.24, 2.45) is 4.99 Å². The number of rotatable bonds is 15. The van der Waals surface area contributed by atoms with Crippen LogP contribution >= 0.6 is 0 Å². The lowest BCUT2D eigenvalue weighted by Gasteiger charge is -2.47. The first-order chi connectivity index (χ1) is 21.4. The molecule has 2 N–H and O–H groups in total. The molecule has 0 spiro atoms. The third-order valence-corrected chi connectivity index (χ3v) is 11.1. The largest absolute Gasteiger partial charge is 0.462 e. The van der Waals surface area contributed by atoms with E-state index in [1.54, 1.807) is 0 Å². The van der Waals surface area contributed by atoms with Crippen molar-refractivity contribution in [1.29, 1.82) is 0 Å². The highest BCUT2D eigenvalue weighted by molar-refractivity contribution is 5.91. The normalized spacial score (nSPS) is 28.4. The number of unbranched alkanes of at least 4 members (excludes halogenated alkanes) is 8. The number of hydroxylamine groups is 2. The summed E-state index contributed by atoms with van der Waals surface area (Å²) in [6.45, 7) is 6.86. The number of carbonyl (C=O) groups excluding carboxylic acids is 1. The number of aryl methyl sites for hydroxylation is 1. The summed E-state index contributed by atoms with van der Waals surface area (Å²) in [7, 11) is 0. The Labute approximate surface area is 264 Å². The minimum Gasteiger partial charge on any atom is -0.462 e. The van der Waals surface area contributed by atoms with E-state index in [2.05, 4.69) is 28.6 Å². The fourth-order valence-electron chi connectivity index (χ4n) is 8.85. The van der Waals surface area contributed by atoms with Gasteiger partial charge in [0, 0.05) is 24.9 Å². The van der Waals surface area contributed by atoms with Crippen molar-refractivity contribution in [2.45, 2.75) is 179 Å². The highest BCUT2D eigenvalue weighted by atomic mass is 16.5. The van der Waals surface area contributed by atoms with Crippen LogP contribution in [0.15, 0.2) is 4.99 Å². The highest BCUT2D eigenvalue weighted by Gasteiger charge is 2.47. The lowest BCUT2D eigenvalue weighted by molar-refractivity contribution is -0.710. The quantitative estimate of drug-likeness (QED) is 0.131. The molecule has 44 heavy (non-hydrogen) atoms. The number of guanidine groups is 1. The molecule has 1 aromatic heterocycles. The van der Waals surface area contributed by atoms with Gasteiger partial charge in [0.2, 0.25) is 5.96 Å². The summed E-state index contributed by atoms with van der Waals surface area (Å²) >= 11 is 0. The summed E-state index contributed by atoms with van der Waals surface area (Å²) in [5.41, 5.74) is 2.60. The van der Waals surface area contributed by atoms with Crippen molar-refractivity contribution in [3.8, 4) is 0 Å². The maximum absolute atomic E-state index is 13.2. The molecular formula is C35H57N6O3+. The molecule has 0 amide bonds. The smallest absolute Gasteiger partial charge is 0.392 e. The van der Waals surface area contributed by atoms with Gasteiger partial charge in [0.15, 0.2) is 0 Å². The van der Waals surface area contributed by atoms with Gasteiger partial charge in [-0.15, -0.1) is 0 Å². The third-order valence-electron chi connectivity index (χ3n) is 11.1. The minimum atomic E-state index is -0.206. The van der Waals surface area contributed by atoms with Crippen molar-refractivity contribution >= 4 is 17.9 Å². The van der Waals surface area contributed by atoms with Gasteiger partial charge in [-0.1, -0.05) is 69.7 Å². The van der Waals surface area contributed by atoms with Gasteiger partial charge >= 0.3 is 11.9 Å². The topological polar surface area (TPSA) is 94.2 Å². The predicted octanol–water partition coefficient (Wildman–Crippen LogP) is 6.65. The Morgan fingerprint density at radius 1 is 0.977 bits per heavy atom. The van der Waals surface area contributed by atoms with E-state index in [-0.39, 0.29) is 12.0 Å². The third kappa shape index (κ3) is 6.73. The van der Waals surface area contributed by atoms with E-state index in [9.17, 15) is 10.0 Å². The molecule has 0 bridgehead atoms. The lowest BCUT2D eigenvalue weighted by Crippen LogP contribution is -2.60. The first-order valence-electron chi connectivity index (χ1n) is 18.2. The van der Waals surface area contributed by atoms with Crippen LogP contribution in [0.2, 0.25) is 0 Å². The van der Waals surface area contributed by atoms with E-state index >= 15 is 0 Å². The minimum absolute atomic E-state index is 0.180. The van der Waals surface area contributed by atoms with Gasteiger partial charge in [-0.25, -0.2) is 19.4 Å². The number of hydrogen-bond donors (Lipinski definition) is 2. The molecule has 0 radical (unpaired) electrons. The number of nitrogens with one attached hydrogen (secondary N) is 1. The Balaban J connectivity index is 0.906. The van der Waals surface area contributed by atoms with E-state index in [4.69, 9.17) is 14.7 Å². The molecule has 6 atom stereocenters. The van der Waals surface area contributed by atoms with Crippen molar-refractivity contribution in [3.63, 3.8) is 0 Å². The van der Waals surface area contributed by atoms with Crippen LogP contribution in [0, 0.1) is 6.92 Å². The SMILES string of the molecule is CCCCCCCC1C[C@@H]2CCc3c(C(=O)OCCCCCCC[C@@H]4C[C@@H]5CC[C@H]6C[C@@H](C)N=C(N4O)N56)c(C)nc([n+]32)N1. The number of aromatic nitrogens is 2. The van der Waals surface area contributed by atoms with Gasteiger partial charge in [0.05, 0.1) is 36.5 Å². The Morgan fingerprint density at radius 3 is 2.52 bits per heavy atom. The van der Waals surface area contributed by atoms with Gasteiger partial charge in [-0.3, -0.25) is 10.5 Å². The number of esters is 1. The van der Waals surface area contributed by atoms with E-state index in [1.165, 1.54) is 56.4 Å². The molecule has 6 heterocycles. The van der Waals surface area contributed by atoms with Crippen LogP contribution in [-0.4, -0.2) is 68.9 Å². The summed E-state index contributed by atoms with van der Waals surface area (Å²) in [5, 5.41) is 16.2. The molecule has 0 aliphatic carbocycles. The Morgan fingerprint density at radius 2 is 1.70 bits per heavy atom. The van der Waals surface area contributed by atoms with E-state index in [0.717, 1.165) is 93.9 Å². The molecule has 9 nitrogen and oxygen atoms in total. The number of hydrogen-bond acceptors (Lipinski definition) is 8. The average Bonchev–Trinajstić information content (AvgIpc) is 3.61. The number of aliphatic imine (C=N–C) groups is 1. The predicted molar refractivity (Wildman–Crippen MR) is 172 cm³/mol. The molecule has 1 unspecified atom stereocenters. The van der Waals surface area contributed by atoms with Crippen LogP contribution in [-0.2, 0) is 11.2 Å². The van der Waals surface area contributed by atoms with E-state index < -0.39 is 0 Å². The molecule has 6 rings (SSSR count). The molecule has 244 valence electrons. The van der Waals surface area contributed by atoms with Gasteiger partial charge in [0.25, 0.3) is 0 Å². The molecule has 0 saturated carbocycles. The Hall–Kier alpha value is -2.42. The summed E-state index contributed by atoms with van der Waals surface area (Å²) in [4.78, 5) is 25.3. The van der Waals surface area contributed by atoms with Crippen LogP contribution in [0.5, 0.6) is 0 Å². The van der Waals surface area contributed by atoms with Crippen LogP contribution in [0.25, 0.3) is 0 Å². The molecular weight excluding hydrogens is 552 g/mol. The summed E-state index contributed by atoms with van der Waals surface area (Å²) < 4.78 is 8.11. The zero-order valence-electron chi connectivity index (χ0n) is 27.6. The zero-order chi connectivity index (χ0) is 30.6. The molecule has 0 aromatic carbocycles. The standard InChI is InChI=1S/C35H56N6O3/c1-4-5-6-8-11-14-26-22-28-18-19-31-32(25(3)37-34(38-26)40(28)31)33(42)44-20-13-10-7-9-12-15-30-23-29-17-16-27-21-24(2)36-35(39(27)29)41(30)43/h24,26-30,43H,4-23H2,1-3H3/p+1/t24-,26?,27+,28+,29+,30-/m1/s1. The first-order valence-corrected chi connectivity index (χ1v) is 18.2. The summed E-state index contributed by atoms with van der Waals surface area (Å²) in [6.07, 6.45) is 21.9. The second-order valence-electron chi connectivity index (χ2n) is 14.4. The van der Waals surface area contributed by atoms with Crippen molar-refractivity contribution in [2.75, 3.05) is 11.9 Å².